The lowest BCUT2D eigenvalue weighted by atomic mass is 10.3. The lowest BCUT2D eigenvalue weighted by molar-refractivity contribution is -0.117. The summed E-state index contributed by atoms with van der Waals surface area (Å²) < 4.78 is 1.87. The zero-order valence-electron chi connectivity index (χ0n) is 7.56. The molecule has 1 amide bonds. The van der Waals surface area contributed by atoms with Gasteiger partial charge in [-0.15, -0.1) is 0 Å². The molecule has 2 aromatic rings. The molecular weight excluding hydrogens is 180 g/mol. The molecule has 1 aliphatic rings. The van der Waals surface area contributed by atoms with Crippen LogP contribution in [0.5, 0.6) is 0 Å². The number of amides is 1. The molecule has 1 atom stereocenters. The molecule has 70 valence electrons. The zero-order valence-corrected chi connectivity index (χ0v) is 7.56. The first-order chi connectivity index (χ1) is 6.77. The Morgan fingerprint density at radius 3 is 3.29 bits per heavy atom. The average Bonchev–Trinajstić information content (AvgIpc) is 2.65. The molecule has 0 fully saturated rings. The van der Waals surface area contributed by atoms with Gasteiger partial charge in [-0.05, 0) is 19.1 Å². The number of hydrogen-bond donors (Lipinski definition) is 1. The van der Waals surface area contributed by atoms with E-state index in [1.807, 2.05) is 23.6 Å². The third-order valence-electron chi connectivity index (χ3n) is 2.47. The number of carbonyl (C=O) groups excluding carboxylic acids is 1. The van der Waals surface area contributed by atoms with Gasteiger partial charge in [0.1, 0.15) is 6.04 Å². The third kappa shape index (κ3) is 0.761. The van der Waals surface area contributed by atoms with Crippen LogP contribution < -0.4 is 5.32 Å². The fourth-order valence-corrected chi connectivity index (χ4v) is 1.74. The Morgan fingerprint density at radius 1 is 1.57 bits per heavy atom. The van der Waals surface area contributed by atoms with Gasteiger partial charge in [-0.3, -0.25) is 14.7 Å². The Balaban J connectivity index is 2.37. The molecule has 5 nitrogen and oxygen atoms in total. The number of anilines is 1. The van der Waals surface area contributed by atoms with Crippen LogP contribution in [0.25, 0.3) is 11.2 Å². The summed E-state index contributed by atoms with van der Waals surface area (Å²) in [5, 5.41) is 2.71. The van der Waals surface area contributed by atoms with Crippen molar-refractivity contribution >= 4 is 23.0 Å². The standard InChI is InChI=1S/C9H8N4O/c1-5-8(14)12-9-11-7-6(13(5)9)3-2-4-10-7/h2-5H,1H3,(H,10,11,12,14). The highest BCUT2D eigenvalue weighted by Gasteiger charge is 2.29. The summed E-state index contributed by atoms with van der Waals surface area (Å²) in [6, 6.07) is 3.56. The summed E-state index contributed by atoms with van der Waals surface area (Å²) in [4.78, 5) is 19.7. The third-order valence-corrected chi connectivity index (χ3v) is 2.47. The van der Waals surface area contributed by atoms with E-state index in [9.17, 15) is 4.79 Å². The molecule has 1 N–H and O–H groups in total. The summed E-state index contributed by atoms with van der Waals surface area (Å²) in [6.07, 6.45) is 1.69. The van der Waals surface area contributed by atoms with E-state index in [2.05, 4.69) is 15.3 Å². The van der Waals surface area contributed by atoms with E-state index in [1.54, 1.807) is 6.20 Å². The fourth-order valence-electron chi connectivity index (χ4n) is 1.74. The largest absolute Gasteiger partial charge is 0.296 e. The summed E-state index contributed by atoms with van der Waals surface area (Å²) in [7, 11) is 0. The van der Waals surface area contributed by atoms with E-state index < -0.39 is 0 Å². The minimum absolute atomic E-state index is 0.0155. The molecule has 0 aliphatic carbocycles. The molecule has 1 unspecified atom stereocenters. The quantitative estimate of drug-likeness (QED) is 0.669. The first-order valence-corrected chi connectivity index (χ1v) is 4.41. The molecule has 14 heavy (non-hydrogen) atoms. The monoisotopic (exact) mass is 188 g/mol. The lowest BCUT2D eigenvalue weighted by Gasteiger charge is -2.02. The second kappa shape index (κ2) is 2.31. The number of aromatic nitrogens is 3. The molecule has 0 saturated carbocycles. The summed E-state index contributed by atoms with van der Waals surface area (Å²) in [6.45, 7) is 1.85. The van der Waals surface area contributed by atoms with Crippen LogP contribution in [-0.4, -0.2) is 20.4 Å². The van der Waals surface area contributed by atoms with Crippen LogP contribution in [0, 0.1) is 0 Å². The Kier molecular flexibility index (Phi) is 1.24. The zero-order chi connectivity index (χ0) is 9.71. The van der Waals surface area contributed by atoms with Crippen LogP contribution in [0.2, 0.25) is 0 Å². The van der Waals surface area contributed by atoms with Gasteiger partial charge < -0.3 is 0 Å². The Hall–Kier alpha value is -1.91. The number of rotatable bonds is 0. The molecule has 5 heteroatoms. The maximum atomic E-state index is 11.3. The number of imidazole rings is 1. The van der Waals surface area contributed by atoms with Crippen molar-refractivity contribution in [1.82, 2.24) is 14.5 Å². The van der Waals surface area contributed by atoms with E-state index in [0.29, 0.717) is 11.6 Å². The average molecular weight is 188 g/mol. The van der Waals surface area contributed by atoms with Crippen molar-refractivity contribution in [2.24, 2.45) is 0 Å². The highest BCUT2D eigenvalue weighted by molar-refractivity contribution is 5.99. The summed E-state index contributed by atoms with van der Waals surface area (Å²) in [5.74, 6) is 0.578. The predicted molar refractivity (Wildman–Crippen MR) is 50.9 cm³/mol. The van der Waals surface area contributed by atoms with Gasteiger partial charge in [0, 0.05) is 6.20 Å². The number of pyridine rings is 1. The molecule has 1 aliphatic heterocycles. The Morgan fingerprint density at radius 2 is 2.43 bits per heavy atom. The van der Waals surface area contributed by atoms with Crippen LogP contribution in [-0.2, 0) is 4.79 Å². The van der Waals surface area contributed by atoms with Crippen molar-refractivity contribution in [3.63, 3.8) is 0 Å². The summed E-state index contributed by atoms with van der Waals surface area (Å²) >= 11 is 0. The van der Waals surface area contributed by atoms with Crippen LogP contribution >= 0.6 is 0 Å². The predicted octanol–water partition coefficient (Wildman–Crippen LogP) is 0.944. The second-order valence-corrected chi connectivity index (χ2v) is 3.32. The van der Waals surface area contributed by atoms with Gasteiger partial charge in [-0.25, -0.2) is 4.98 Å². The maximum absolute atomic E-state index is 11.3. The molecule has 0 bridgehead atoms. The molecule has 3 heterocycles. The molecule has 0 aromatic carbocycles. The van der Waals surface area contributed by atoms with E-state index >= 15 is 0 Å². The number of fused-ring (bicyclic) bond motifs is 3. The summed E-state index contributed by atoms with van der Waals surface area (Å²) in [5.41, 5.74) is 1.57. The molecule has 0 spiro atoms. The highest BCUT2D eigenvalue weighted by atomic mass is 16.2. The van der Waals surface area contributed by atoms with Gasteiger partial charge in [0.05, 0.1) is 5.52 Å². The van der Waals surface area contributed by atoms with E-state index in [4.69, 9.17) is 0 Å². The SMILES string of the molecule is CC1C(=O)Nc2nc3ncccc3n21. The number of nitrogens with one attached hydrogen (secondary N) is 1. The van der Waals surface area contributed by atoms with Crippen molar-refractivity contribution in [3.05, 3.63) is 18.3 Å². The van der Waals surface area contributed by atoms with Gasteiger partial charge in [0.15, 0.2) is 5.65 Å². The molecule has 2 aromatic heterocycles. The van der Waals surface area contributed by atoms with Crippen LogP contribution in [0.4, 0.5) is 5.95 Å². The number of hydrogen-bond acceptors (Lipinski definition) is 3. The molecule has 0 radical (unpaired) electrons. The minimum Gasteiger partial charge on any atom is -0.296 e. The smallest absolute Gasteiger partial charge is 0.249 e. The normalized spacial score (nSPS) is 19.8. The topological polar surface area (TPSA) is 59.8 Å². The van der Waals surface area contributed by atoms with Crippen molar-refractivity contribution in [2.45, 2.75) is 13.0 Å². The van der Waals surface area contributed by atoms with Crippen molar-refractivity contribution in [3.8, 4) is 0 Å². The van der Waals surface area contributed by atoms with E-state index in [-0.39, 0.29) is 11.9 Å². The van der Waals surface area contributed by atoms with Crippen molar-refractivity contribution in [2.75, 3.05) is 5.32 Å². The van der Waals surface area contributed by atoms with Crippen LogP contribution in [0.3, 0.4) is 0 Å². The van der Waals surface area contributed by atoms with E-state index in [1.165, 1.54) is 0 Å². The van der Waals surface area contributed by atoms with Gasteiger partial charge in [-0.1, -0.05) is 0 Å². The number of nitrogens with zero attached hydrogens (tertiary/aromatic N) is 3. The fraction of sp³-hybridized carbons (Fsp3) is 0.222. The Labute approximate surface area is 79.8 Å². The second-order valence-electron chi connectivity index (χ2n) is 3.32. The maximum Gasteiger partial charge on any atom is 0.249 e. The van der Waals surface area contributed by atoms with E-state index in [0.717, 1.165) is 5.52 Å². The first kappa shape index (κ1) is 7.49. The minimum atomic E-state index is -0.195. The van der Waals surface area contributed by atoms with Gasteiger partial charge in [-0.2, -0.15) is 4.98 Å². The molecular formula is C9H8N4O. The van der Waals surface area contributed by atoms with Gasteiger partial charge in [0.2, 0.25) is 11.9 Å². The highest BCUT2D eigenvalue weighted by Crippen LogP contribution is 2.28. The van der Waals surface area contributed by atoms with Crippen molar-refractivity contribution in [1.29, 1.82) is 0 Å². The Bertz CT molecular complexity index is 531. The van der Waals surface area contributed by atoms with Crippen LogP contribution in [0.1, 0.15) is 13.0 Å². The van der Waals surface area contributed by atoms with Crippen LogP contribution in [0.15, 0.2) is 18.3 Å². The van der Waals surface area contributed by atoms with Crippen molar-refractivity contribution < 1.29 is 4.79 Å². The first-order valence-electron chi connectivity index (χ1n) is 4.41. The molecule has 0 saturated heterocycles. The van der Waals surface area contributed by atoms with Gasteiger partial charge in [0.25, 0.3) is 0 Å². The van der Waals surface area contributed by atoms with Gasteiger partial charge >= 0.3 is 0 Å². The number of carbonyl (C=O) groups is 1. The lowest BCUT2D eigenvalue weighted by Crippen LogP contribution is -2.12. The molecule has 3 rings (SSSR count).